The second kappa shape index (κ2) is 6.37. The number of nitrogens with one attached hydrogen (secondary N) is 1. The van der Waals surface area contributed by atoms with Crippen molar-refractivity contribution in [2.75, 3.05) is 18.9 Å². The third-order valence-corrected chi connectivity index (χ3v) is 3.32. The van der Waals surface area contributed by atoms with Gasteiger partial charge in [-0.3, -0.25) is 9.69 Å². The lowest BCUT2D eigenvalue weighted by Crippen LogP contribution is -2.46. The summed E-state index contributed by atoms with van der Waals surface area (Å²) in [5.74, 6) is -0.0660. The highest BCUT2D eigenvalue weighted by atomic mass is 16.3. The second-order valence-electron chi connectivity index (χ2n) is 6.21. The van der Waals surface area contributed by atoms with Crippen LogP contribution in [-0.4, -0.2) is 41.1 Å². The van der Waals surface area contributed by atoms with E-state index in [1.165, 1.54) is 5.56 Å². The van der Waals surface area contributed by atoms with E-state index in [9.17, 15) is 9.90 Å². The molecule has 0 aliphatic carbocycles. The molecule has 0 spiro atoms. The first-order valence-corrected chi connectivity index (χ1v) is 6.91. The van der Waals surface area contributed by atoms with Crippen molar-refractivity contribution in [1.29, 1.82) is 0 Å². The summed E-state index contributed by atoms with van der Waals surface area (Å²) >= 11 is 0. The fraction of sp³-hybridized carbons (Fsp3) is 0.562. The molecular weight excluding hydrogens is 252 g/mol. The summed E-state index contributed by atoms with van der Waals surface area (Å²) in [6, 6.07) is 5.64. The number of carbonyl (C=O) groups is 1. The molecule has 0 bridgehead atoms. The molecule has 4 heteroatoms. The molecule has 0 saturated carbocycles. The lowest BCUT2D eigenvalue weighted by molar-refractivity contribution is -0.121. The Labute approximate surface area is 121 Å². The number of nitrogens with zero attached hydrogens (tertiary/aromatic N) is 1. The largest absolute Gasteiger partial charge is 0.389 e. The maximum atomic E-state index is 12.2. The first kappa shape index (κ1) is 16.7. The molecule has 0 heterocycles. The van der Waals surface area contributed by atoms with Crippen molar-refractivity contribution >= 4 is 11.6 Å². The molecule has 1 atom stereocenters. The van der Waals surface area contributed by atoms with Gasteiger partial charge in [-0.25, -0.2) is 0 Å². The van der Waals surface area contributed by atoms with Crippen molar-refractivity contribution in [3.8, 4) is 0 Å². The third-order valence-electron chi connectivity index (χ3n) is 3.32. The zero-order valence-electron chi connectivity index (χ0n) is 13.3. The van der Waals surface area contributed by atoms with Gasteiger partial charge in [0.25, 0.3) is 0 Å². The number of rotatable bonds is 5. The molecule has 1 rings (SSSR count). The van der Waals surface area contributed by atoms with E-state index in [2.05, 4.69) is 5.32 Å². The first-order chi connectivity index (χ1) is 9.10. The molecule has 4 nitrogen and oxygen atoms in total. The Hall–Kier alpha value is -1.39. The summed E-state index contributed by atoms with van der Waals surface area (Å²) < 4.78 is 0. The molecule has 1 aromatic rings. The first-order valence-electron chi connectivity index (χ1n) is 6.91. The minimum Gasteiger partial charge on any atom is -0.389 e. The van der Waals surface area contributed by atoms with Gasteiger partial charge in [0, 0.05) is 12.2 Å². The van der Waals surface area contributed by atoms with Crippen LogP contribution in [0, 0.1) is 13.8 Å². The van der Waals surface area contributed by atoms with Crippen molar-refractivity contribution in [1.82, 2.24) is 4.90 Å². The van der Waals surface area contributed by atoms with Gasteiger partial charge < -0.3 is 10.4 Å². The van der Waals surface area contributed by atoms with Gasteiger partial charge >= 0.3 is 0 Å². The number of likely N-dealkylation sites (N-methyl/N-ethyl adjacent to an activating group) is 1. The summed E-state index contributed by atoms with van der Waals surface area (Å²) in [5, 5.41) is 12.8. The zero-order chi connectivity index (χ0) is 15.5. The predicted molar refractivity (Wildman–Crippen MR) is 82.9 cm³/mol. The minimum atomic E-state index is -0.816. The smallest absolute Gasteiger partial charge is 0.241 e. The van der Waals surface area contributed by atoms with Crippen LogP contribution in [0.5, 0.6) is 0 Å². The molecule has 0 saturated heterocycles. The number of hydrogen-bond donors (Lipinski definition) is 2. The second-order valence-corrected chi connectivity index (χ2v) is 6.21. The van der Waals surface area contributed by atoms with Gasteiger partial charge in [0.15, 0.2) is 0 Å². The van der Waals surface area contributed by atoms with Crippen LogP contribution < -0.4 is 5.32 Å². The molecule has 0 aliphatic heterocycles. The number of carbonyl (C=O) groups excluding carboxylic acids is 1. The van der Waals surface area contributed by atoms with Crippen molar-refractivity contribution in [3.05, 3.63) is 29.3 Å². The topological polar surface area (TPSA) is 52.6 Å². The minimum absolute atomic E-state index is 0.0660. The standard InChI is InChI=1S/C16H26N2O2/c1-11-7-8-14(12(2)9-11)17-15(19)13(3)18(6)10-16(4,5)20/h7-9,13,20H,10H2,1-6H3,(H,17,19). The van der Waals surface area contributed by atoms with Crippen LogP contribution in [0.15, 0.2) is 18.2 Å². The molecule has 0 radical (unpaired) electrons. The molecule has 0 aromatic heterocycles. The molecule has 1 amide bonds. The van der Waals surface area contributed by atoms with Crippen molar-refractivity contribution in [3.63, 3.8) is 0 Å². The van der Waals surface area contributed by atoms with Gasteiger partial charge in [-0.05, 0) is 53.3 Å². The van der Waals surface area contributed by atoms with Crippen LogP contribution in [0.4, 0.5) is 5.69 Å². The van der Waals surface area contributed by atoms with Crippen LogP contribution in [-0.2, 0) is 4.79 Å². The number of aliphatic hydroxyl groups is 1. The van der Waals surface area contributed by atoms with E-state index in [0.717, 1.165) is 11.3 Å². The van der Waals surface area contributed by atoms with E-state index in [4.69, 9.17) is 0 Å². The number of aryl methyl sites for hydroxylation is 2. The van der Waals surface area contributed by atoms with Crippen LogP contribution in [0.3, 0.4) is 0 Å². The van der Waals surface area contributed by atoms with Gasteiger partial charge in [0.05, 0.1) is 11.6 Å². The monoisotopic (exact) mass is 278 g/mol. The van der Waals surface area contributed by atoms with Gasteiger partial charge in [0.1, 0.15) is 0 Å². The molecule has 20 heavy (non-hydrogen) atoms. The van der Waals surface area contributed by atoms with Crippen LogP contribution in [0.1, 0.15) is 31.9 Å². The number of hydrogen-bond acceptors (Lipinski definition) is 3. The number of amides is 1. The Kier molecular flexibility index (Phi) is 5.31. The van der Waals surface area contributed by atoms with Crippen LogP contribution in [0.2, 0.25) is 0 Å². The molecular formula is C16H26N2O2. The van der Waals surface area contributed by atoms with E-state index in [1.54, 1.807) is 13.8 Å². The van der Waals surface area contributed by atoms with Gasteiger partial charge in [-0.1, -0.05) is 17.7 Å². The molecule has 2 N–H and O–H groups in total. The average molecular weight is 278 g/mol. The van der Waals surface area contributed by atoms with Crippen molar-refractivity contribution in [2.24, 2.45) is 0 Å². The van der Waals surface area contributed by atoms with Gasteiger partial charge in [-0.2, -0.15) is 0 Å². The highest BCUT2D eigenvalue weighted by Gasteiger charge is 2.23. The molecule has 1 unspecified atom stereocenters. The number of anilines is 1. The summed E-state index contributed by atoms with van der Waals surface area (Å²) in [6.45, 7) is 9.75. The quantitative estimate of drug-likeness (QED) is 0.869. The lowest BCUT2D eigenvalue weighted by Gasteiger charge is -2.29. The highest BCUT2D eigenvalue weighted by Crippen LogP contribution is 2.17. The zero-order valence-corrected chi connectivity index (χ0v) is 13.3. The Morgan fingerprint density at radius 2 is 2.00 bits per heavy atom. The fourth-order valence-electron chi connectivity index (χ4n) is 2.14. The van der Waals surface area contributed by atoms with E-state index in [1.807, 2.05) is 50.9 Å². The van der Waals surface area contributed by atoms with E-state index < -0.39 is 5.60 Å². The highest BCUT2D eigenvalue weighted by molar-refractivity contribution is 5.95. The molecule has 1 aromatic carbocycles. The Morgan fingerprint density at radius 1 is 1.40 bits per heavy atom. The van der Waals surface area contributed by atoms with Crippen molar-refractivity contribution in [2.45, 2.75) is 46.3 Å². The molecule has 112 valence electrons. The maximum Gasteiger partial charge on any atom is 0.241 e. The van der Waals surface area contributed by atoms with Crippen molar-refractivity contribution < 1.29 is 9.90 Å². The van der Waals surface area contributed by atoms with E-state index >= 15 is 0 Å². The predicted octanol–water partition coefficient (Wildman–Crippen LogP) is 2.33. The van der Waals surface area contributed by atoms with Crippen LogP contribution >= 0.6 is 0 Å². The van der Waals surface area contributed by atoms with E-state index in [0.29, 0.717) is 6.54 Å². The Morgan fingerprint density at radius 3 is 2.50 bits per heavy atom. The molecule has 0 fully saturated rings. The maximum absolute atomic E-state index is 12.2. The van der Waals surface area contributed by atoms with E-state index in [-0.39, 0.29) is 11.9 Å². The van der Waals surface area contributed by atoms with Crippen LogP contribution in [0.25, 0.3) is 0 Å². The fourth-order valence-corrected chi connectivity index (χ4v) is 2.14. The Balaban J connectivity index is 2.70. The number of benzene rings is 1. The summed E-state index contributed by atoms with van der Waals surface area (Å²) in [7, 11) is 1.84. The average Bonchev–Trinajstić information content (AvgIpc) is 2.29. The Bertz CT molecular complexity index is 478. The van der Waals surface area contributed by atoms with Gasteiger partial charge in [0.2, 0.25) is 5.91 Å². The SMILES string of the molecule is Cc1ccc(NC(=O)C(C)N(C)CC(C)(C)O)c(C)c1. The summed E-state index contributed by atoms with van der Waals surface area (Å²) in [4.78, 5) is 14.1. The lowest BCUT2D eigenvalue weighted by atomic mass is 10.1. The normalized spacial score (nSPS) is 13.4. The summed E-state index contributed by atoms with van der Waals surface area (Å²) in [6.07, 6.45) is 0. The summed E-state index contributed by atoms with van der Waals surface area (Å²) in [5.41, 5.74) is 2.25. The third kappa shape index (κ3) is 4.94. The molecule has 0 aliphatic rings. The van der Waals surface area contributed by atoms with Gasteiger partial charge in [-0.15, -0.1) is 0 Å².